The van der Waals surface area contributed by atoms with Crippen molar-refractivity contribution < 1.29 is 4.42 Å². The molecule has 0 amide bonds. The van der Waals surface area contributed by atoms with E-state index in [4.69, 9.17) is 4.42 Å². The maximum atomic E-state index is 5.75. The van der Waals surface area contributed by atoms with Crippen molar-refractivity contribution in [3.05, 3.63) is 59.0 Å². The van der Waals surface area contributed by atoms with E-state index in [-0.39, 0.29) is 11.5 Å². The fourth-order valence-electron chi connectivity index (χ4n) is 3.46. The van der Waals surface area contributed by atoms with E-state index in [9.17, 15) is 0 Å². The van der Waals surface area contributed by atoms with Gasteiger partial charge in [0.15, 0.2) is 0 Å². The first kappa shape index (κ1) is 14.4. The predicted octanol–water partition coefficient (Wildman–Crippen LogP) is 5.05. The number of hydrogen-bond donors (Lipinski definition) is 1. The lowest BCUT2D eigenvalue weighted by Crippen LogP contribution is -2.33. The van der Waals surface area contributed by atoms with Crippen LogP contribution in [0.3, 0.4) is 0 Å². The Hall–Kier alpha value is -1.54. The number of hydrogen-bond acceptors (Lipinski definition) is 2. The van der Waals surface area contributed by atoms with Gasteiger partial charge in [-0.1, -0.05) is 38.1 Å². The third-order valence-corrected chi connectivity index (χ3v) is 4.76. The van der Waals surface area contributed by atoms with Gasteiger partial charge in [0.1, 0.15) is 11.5 Å². The maximum Gasteiger partial charge on any atom is 0.120 e. The SMILES string of the molecule is Cc1ccc(C(C)NC2CCC(C)(C)c3ccccc32)o1. The molecule has 1 N–H and O–H groups in total. The summed E-state index contributed by atoms with van der Waals surface area (Å²) >= 11 is 0. The molecule has 0 aliphatic heterocycles. The Bertz CT molecular complexity index is 626. The Kier molecular flexibility index (Phi) is 3.66. The first-order valence-corrected chi connectivity index (χ1v) is 7.89. The number of aryl methyl sites for hydroxylation is 1. The van der Waals surface area contributed by atoms with Crippen molar-refractivity contribution in [1.82, 2.24) is 5.32 Å². The molecule has 1 aliphatic rings. The molecule has 0 saturated heterocycles. The summed E-state index contributed by atoms with van der Waals surface area (Å²) in [6, 6.07) is 13.6. The van der Waals surface area contributed by atoms with Gasteiger partial charge in [0.05, 0.1) is 6.04 Å². The summed E-state index contributed by atoms with van der Waals surface area (Å²) in [5, 5.41) is 3.75. The fraction of sp³-hybridized carbons (Fsp3) is 0.474. The Morgan fingerprint density at radius 1 is 1.19 bits per heavy atom. The largest absolute Gasteiger partial charge is 0.465 e. The summed E-state index contributed by atoms with van der Waals surface area (Å²) < 4.78 is 5.75. The van der Waals surface area contributed by atoms with E-state index >= 15 is 0 Å². The molecule has 0 saturated carbocycles. The molecule has 3 rings (SSSR count). The van der Waals surface area contributed by atoms with Crippen LogP contribution in [0.4, 0.5) is 0 Å². The fourth-order valence-corrected chi connectivity index (χ4v) is 3.46. The van der Waals surface area contributed by atoms with Gasteiger partial charge < -0.3 is 9.73 Å². The zero-order valence-electron chi connectivity index (χ0n) is 13.4. The Morgan fingerprint density at radius 3 is 2.67 bits per heavy atom. The third-order valence-electron chi connectivity index (χ3n) is 4.76. The Labute approximate surface area is 127 Å². The van der Waals surface area contributed by atoms with Gasteiger partial charge in [0.2, 0.25) is 0 Å². The molecule has 0 fully saturated rings. The molecule has 0 bridgehead atoms. The van der Waals surface area contributed by atoms with Crippen molar-refractivity contribution in [2.75, 3.05) is 0 Å². The van der Waals surface area contributed by atoms with Crippen LogP contribution in [-0.2, 0) is 5.41 Å². The van der Waals surface area contributed by atoms with E-state index in [1.807, 2.05) is 13.0 Å². The average Bonchev–Trinajstić information content (AvgIpc) is 2.89. The highest BCUT2D eigenvalue weighted by Crippen LogP contribution is 2.42. The van der Waals surface area contributed by atoms with Crippen molar-refractivity contribution in [2.45, 2.75) is 58.0 Å². The average molecular weight is 283 g/mol. The summed E-state index contributed by atoms with van der Waals surface area (Å²) in [4.78, 5) is 0. The summed E-state index contributed by atoms with van der Waals surface area (Å²) in [5.74, 6) is 2.00. The summed E-state index contributed by atoms with van der Waals surface area (Å²) in [6.07, 6.45) is 2.39. The lowest BCUT2D eigenvalue weighted by atomic mass is 9.71. The molecule has 1 aliphatic carbocycles. The molecule has 0 spiro atoms. The predicted molar refractivity (Wildman–Crippen MR) is 86.4 cm³/mol. The standard InChI is InChI=1S/C19H25NO/c1-13-9-10-18(21-13)14(2)20-17-11-12-19(3,4)16-8-6-5-7-15(16)17/h5-10,14,17,20H,11-12H2,1-4H3. The van der Waals surface area contributed by atoms with Gasteiger partial charge in [-0.05, 0) is 55.4 Å². The maximum absolute atomic E-state index is 5.75. The molecular weight excluding hydrogens is 258 g/mol. The minimum atomic E-state index is 0.234. The first-order chi connectivity index (χ1) is 9.97. The Morgan fingerprint density at radius 2 is 1.95 bits per heavy atom. The van der Waals surface area contributed by atoms with Crippen molar-refractivity contribution in [3.63, 3.8) is 0 Å². The first-order valence-electron chi connectivity index (χ1n) is 7.89. The van der Waals surface area contributed by atoms with Crippen LogP contribution in [-0.4, -0.2) is 0 Å². The van der Waals surface area contributed by atoms with Crippen LogP contribution in [0.25, 0.3) is 0 Å². The molecule has 112 valence electrons. The van der Waals surface area contributed by atoms with Crippen molar-refractivity contribution in [3.8, 4) is 0 Å². The zero-order chi connectivity index (χ0) is 15.0. The van der Waals surface area contributed by atoms with Crippen LogP contribution in [0.2, 0.25) is 0 Å². The van der Waals surface area contributed by atoms with Gasteiger partial charge >= 0.3 is 0 Å². The van der Waals surface area contributed by atoms with Gasteiger partial charge in [-0.25, -0.2) is 0 Å². The van der Waals surface area contributed by atoms with Crippen LogP contribution in [0, 0.1) is 6.92 Å². The number of furan rings is 1. The second-order valence-electron chi connectivity index (χ2n) is 6.90. The molecule has 1 heterocycles. The summed E-state index contributed by atoms with van der Waals surface area (Å²) in [5.41, 5.74) is 3.21. The highest BCUT2D eigenvalue weighted by atomic mass is 16.3. The monoisotopic (exact) mass is 283 g/mol. The van der Waals surface area contributed by atoms with Crippen molar-refractivity contribution >= 4 is 0 Å². The molecule has 2 heteroatoms. The van der Waals surface area contributed by atoms with Crippen LogP contribution in [0.15, 0.2) is 40.8 Å². The second kappa shape index (κ2) is 5.34. The van der Waals surface area contributed by atoms with E-state index in [2.05, 4.69) is 56.4 Å². The van der Waals surface area contributed by atoms with Gasteiger partial charge in [-0.3, -0.25) is 0 Å². The van der Waals surface area contributed by atoms with Crippen LogP contribution < -0.4 is 5.32 Å². The minimum Gasteiger partial charge on any atom is -0.465 e. The minimum absolute atomic E-state index is 0.234. The molecular formula is C19H25NO. The second-order valence-corrected chi connectivity index (χ2v) is 6.90. The van der Waals surface area contributed by atoms with Gasteiger partial charge in [0, 0.05) is 6.04 Å². The molecule has 1 aromatic heterocycles. The molecule has 2 unspecified atom stereocenters. The van der Waals surface area contributed by atoms with Gasteiger partial charge in [-0.2, -0.15) is 0 Å². The van der Waals surface area contributed by atoms with E-state index in [0.717, 1.165) is 11.5 Å². The number of fused-ring (bicyclic) bond motifs is 1. The topological polar surface area (TPSA) is 25.2 Å². The molecule has 2 aromatic rings. The van der Waals surface area contributed by atoms with E-state index < -0.39 is 0 Å². The smallest absolute Gasteiger partial charge is 0.120 e. The number of benzene rings is 1. The van der Waals surface area contributed by atoms with Gasteiger partial charge in [0.25, 0.3) is 0 Å². The number of nitrogens with one attached hydrogen (secondary N) is 1. The van der Waals surface area contributed by atoms with Crippen molar-refractivity contribution in [1.29, 1.82) is 0 Å². The highest BCUT2D eigenvalue weighted by molar-refractivity contribution is 5.38. The van der Waals surface area contributed by atoms with E-state index in [1.54, 1.807) is 0 Å². The lowest BCUT2D eigenvalue weighted by molar-refractivity contribution is 0.320. The quantitative estimate of drug-likeness (QED) is 0.852. The van der Waals surface area contributed by atoms with E-state index in [1.165, 1.54) is 24.0 Å². The molecule has 2 nitrogen and oxygen atoms in total. The normalized spacial score (nSPS) is 21.8. The third kappa shape index (κ3) is 2.77. The van der Waals surface area contributed by atoms with Crippen LogP contribution in [0.1, 0.15) is 68.3 Å². The summed E-state index contributed by atoms with van der Waals surface area (Å²) in [6.45, 7) is 8.87. The van der Waals surface area contributed by atoms with Crippen LogP contribution >= 0.6 is 0 Å². The zero-order valence-corrected chi connectivity index (χ0v) is 13.4. The molecule has 1 aromatic carbocycles. The van der Waals surface area contributed by atoms with E-state index in [0.29, 0.717) is 6.04 Å². The summed E-state index contributed by atoms with van der Waals surface area (Å²) in [7, 11) is 0. The molecule has 0 radical (unpaired) electrons. The molecule has 21 heavy (non-hydrogen) atoms. The van der Waals surface area contributed by atoms with Crippen LogP contribution in [0.5, 0.6) is 0 Å². The van der Waals surface area contributed by atoms with Gasteiger partial charge in [-0.15, -0.1) is 0 Å². The van der Waals surface area contributed by atoms with Crippen molar-refractivity contribution in [2.24, 2.45) is 0 Å². The highest BCUT2D eigenvalue weighted by Gasteiger charge is 2.32. The lowest BCUT2D eigenvalue weighted by Gasteiger charge is -2.38. The molecule has 2 atom stereocenters. The number of rotatable bonds is 3. The Balaban J connectivity index is 1.84.